The van der Waals surface area contributed by atoms with E-state index in [0.717, 1.165) is 0 Å². The molecular weight excluding hydrogens is 292 g/mol. The predicted molar refractivity (Wildman–Crippen MR) is 82.0 cm³/mol. The average molecular weight is 305 g/mol. The number of hydrogen-bond acceptors (Lipinski definition) is 3. The second-order valence-corrected chi connectivity index (χ2v) is 4.63. The van der Waals surface area contributed by atoms with Crippen LogP contribution in [0.25, 0.3) is 0 Å². The number of carbonyl (C=O) groups is 1. The molecule has 0 atom stereocenters. The number of nitro groups is 1. The van der Waals surface area contributed by atoms with Gasteiger partial charge in [-0.1, -0.05) is 30.3 Å². The molecule has 0 fully saturated rings. The van der Waals surface area contributed by atoms with Crippen LogP contribution in [-0.2, 0) is 4.79 Å². The van der Waals surface area contributed by atoms with Gasteiger partial charge in [-0.15, -0.1) is 11.6 Å². The number of benzene rings is 2. The highest BCUT2D eigenvalue weighted by molar-refractivity contribution is 6.19. The standard InChI is InChI=1S/C15H13ClN2O3/c16-11-10-15(19)17(12-6-2-1-3-7-12)13-8-4-5-9-14(13)18(20)21/h1-9H,10-11H2. The highest BCUT2D eigenvalue weighted by Gasteiger charge is 2.24. The Kier molecular flexibility index (Phi) is 4.90. The molecule has 2 aromatic rings. The molecule has 0 bridgehead atoms. The molecule has 0 heterocycles. The first kappa shape index (κ1) is 15.0. The normalized spacial score (nSPS) is 10.1. The average Bonchev–Trinajstić information content (AvgIpc) is 2.49. The van der Waals surface area contributed by atoms with Crippen molar-refractivity contribution in [3.8, 4) is 0 Å². The monoisotopic (exact) mass is 304 g/mol. The summed E-state index contributed by atoms with van der Waals surface area (Å²) in [5, 5.41) is 11.2. The van der Waals surface area contributed by atoms with Crippen LogP contribution in [0.2, 0.25) is 0 Å². The summed E-state index contributed by atoms with van der Waals surface area (Å²) in [6.07, 6.45) is 0.0997. The van der Waals surface area contributed by atoms with E-state index < -0.39 is 4.92 Å². The van der Waals surface area contributed by atoms with E-state index in [1.165, 1.54) is 11.0 Å². The Balaban J connectivity index is 2.56. The zero-order valence-corrected chi connectivity index (χ0v) is 11.9. The molecule has 0 N–H and O–H groups in total. The third kappa shape index (κ3) is 3.38. The molecule has 0 radical (unpaired) electrons. The lowest BCUT2D eigenvalue weighted by molar-refractivity contribution is -0.384. The van der Waals surface area contributed by atoms with E-state index >= 15 is 0 Å². The molecule has 2 aromatic carbocycles. The SMILES string of the molecule is O=C(CCCl)N(c1ccccc1)c1ccccc1[N+](=O)[O-]. The summed E-state index contributed by atoms with van der Waals surface area (Å²) >= 11 is 5.64. The quantitative estimate of drug-likeness (QED) is 0.478. The molecule has 0 aliphatic carbocycles. The molecule has 5 nitrogen and oxygen atoms in total. The van der Waals surface area contributed by atoms with Crippen molar-refractivity contribution in [1.29, 1.82) is 0 Å². The first-order chi connectivity index (χ1) is 10.1. The third-order valence-electron chi connectivity index (χ3n) is 2.89. The van der Waals surface area contributed by atoms with E-state index in [4.69, 9.17) is 11.6 Å². The molecular formula is C15H13ClN2O3. The number of alkyl halides is 1. The number of nitro benzene ring substituents is 1. The predicted octanol–water partition coefficient (Wildman–Crippen LogP) is 3.89. The van der Waals surface area contributed by atoms with E-state index in [-0.39, 0.29) is 29.6 Å². The van der Waals surface area contributed by atoms with Gasteiger partial charge in [-0.25, -0.2) is 0 Å². The van der Waals surface area contributed by atoms with Crippen LogP contribution in [0.5, 0.6) is 0 Å². The Bertz CT molecular complexity index is 646. The van der Waals surface area contributed by atoms with Crippen LogP contribution in [0, 0.1) is 10.1 Å². The maximum Gasteiger partial charge on any atom is 0.293 e. The van der Waals surface area contributed by atoms with Gasteiger partial charge in [0.15, 0.2) is 0 Å². The molecule has 108 valence electrons. The highest BCUT2D eigenvalue weighted by Crippen LogP contribution is 2.33. The minimum atomic E-state index is -0.501. The number of carbonyl (C=O) groups excluding carboxylic acids is 1. The smallest absolute Gasteiger partial charge is 0.274 e. The van der Waals surface area contributed by atoms with Crippen molar-refractivity contribution >= 4 is 34.6 Å². The maximum atomic E-state index is 12.3. The summed E-state index contributed by atoms with van der Waals surface area (Å²) in [5.41, 5.74) is 0.690. The fraction of sp³-hybridized carbons (Fsp3) is 0.133. The summed E-state index contributed by atoms with van der Waals surface area (Å²) in [7, 11) is 0. The zero-order chi connectivity index (χ0) is 15.2. The Morgan fingerprint density at radius 3 is 2.33 bits per heavy atom. The van der Waals surface area contributed by atoms with Crippen LogP contribution >= 0.6 is 11.6 Å². The molecule has 0 aliphatic heterocycles. The molecule has 0 unspecified atom stereocenters. The van der Waals surface area contributed by atoms with Crippen LogP contribution in [0.15, 0.2) is 54.6 Å². The topological polar surface area (TPSA) is 63.5 Å². The van der Waals surface area contributed by atoms with Gasteiger partial charge in [0.2, 0.25) is 5.91 Å². The Hall–Kier alpha value is -2.40. The highest BCUT2D eigenvalue weighted by atomic mass is 35.5. The van der Waals surface area contributed by atoms with Gasteiger partial charge in [0, 0.05) is 24.1 Å². The molecule has 21 heavy (non-hydrogen) atoms. The van der Waals surface area contributed by atoms with Crippen molar-refractivity contribution in [1.82, 2.24) is 0 Å². The van der Waals surface area contributed by atoms with Crippen molar-refractivity contribution < 1.29 is 9.72 Å². The summed E-state index contributed by atoms with van der Waals surface area (Å²) in [4.78, 5) is 24.4. The van der Waals surface area contributed by atoms with Crippen LogP contribution in [0.1, 0.15) is 6.42 Å². The third-order valence-corrected chi connectivity index (χ3v) is 3.08. The van der Waals surface area contributed by atoms with Crippen LogP contribution in [0.3, 0.4) is 0 Å². The van der Waals surface area contributed by atoms with Gasteiger partial charge in [0.1, 0.15) is 5.69 Å². The minimum absolute atomic E-state index is 0.0997. The summed E-state index contributed by atoms with van der Waals surface area (Å²) in [6, 6.07) is 15.0. The lowest BCUT2D eigenvalue weighted by Crippen LogP contribution is -2.26. The van der Waals surface area contributed by atoms with Crippen molar-refractivity contribution in [3.05, 3.63) is 64.7 Å². The fourth-order valence-corrected chi connectivity index (χ4v) is 2.16. The second-order valence-electron chi connectivity index (χ2n) is 4.25. The zero-order valence-electron chi connectivity index (χ0n) is 11.1. The van der Waals surface area contributed by atoms with Gasteiger partial charge in [0.25, 0.3) is 5.69 Å². The first-order valence-corrected chi connectivity index (χ1v) is 6.86. The van der Waals surface area contributed by atoms with Crippen molar-refractivity contribution in [2.45, 2.75) is 6.42 Å². The van der Waals surface area contributed by atoms with Crippen molar-refractivity contribution in [2.75, 3.05) is 10.8 Å². The Morgan fingerprint density at radius 1 is 1.10 bits per heavy atom. The van der Waals surface area contributed by atoms with Crippen LogP contribution in [0.4, 0.5) is 17.1 Å². The van der Waals surface area contributed by atoms with Gasteiger partial charge < -0.3 is 0 Å². The lowest BCUT2D eigenvalue weighted by atomic mass is 10.2. The molecule has 2 rings (SSSR count). The first-order valence-electron chi connectivity index (χ1n) is 6.32. The largest absolute Gasteiger partial charge is 0.293 e. The molecule has 1 amide bonds. The number of anilines is 2. The number of nitrogens with zero attached hydrogens (tertiary/aromatic N) is 2. The number of halogens is 1. The number of amides is 1. The molecule has 6 heteroatoms. The van der Waals surface area contributed by atoms with Crippen molar-refractivity contribution in [3.63, 3.8) is 0 Å². The second kappa shape index (κ2) is 6.85. The molecule has 0 saturated carbocycles. The lowest BCUT2D eigenvalue weighted by Gasteiger charge is -2.22. The van der Waals surface area contributed by atoms with Crippen LogP contribution < -0.4 is 4.90 Å². The number of hydrogen-bond donors (Lipinski definition) is 0. The summed E-state index contributed by atoms with van der Waals surface area (Å²) < 4.78 is 0. The maximum absolute atomic E-state index is 12.3. The minimum Gasteiger partial charge on any atom is -0.274 e. The Labute approximate surface area is 126 Å². The van der Waals surface area contributed by atoms with Gasteiger partial charge >= 0.3 is 0 Å². The van der Waals surface area contributed by atoms with E-state index in [1.54, 1.807) is 42.5 Å². The molecule has 0 aromatic heterocycles. The van der Waals surface area contributed by atoms with Gasteiger partial charge in [-0.05, 0) is 18.2 Å². The summed E-state index contributed by atoms with van der Waals surface area (Å²) in [6.45, 7) is 0. The summed E-state index contributed by atoms with van der Waals surface area (Å²) in [5.74, 6) is -0.131. The van der Waals surface area contributed by atoms with Gasteiger partial charge in [-0.3, -0.25) is 19.8 Å². The van der Waals surface area contributed by atoms with Crippen molar-refractivity contribution in [2.24, 2.45) is 0 Å². The van der Waals surface area contributed by atoms with E-state index in [0.29, 0.717) is 5.69 Å². The number of para-hydroxylation sites is 3. The molecule has 0 spiro atoms. The van der Waals surface area contributed by atoms with Crippen LogP contribution in [-0.4, -0.2) is 16.7 Å². The van der Waals surface area contributed by atoms with E-state index in [2.05, 4.69) is 0 Å². The van der Waals surface area contributed by atoms with Gasteiger partial charge in [0.05, 0.1) is 4.92 Å². The van der Waals surface area contributed by atoms with Gasteiger partial charge in [-0.2, -0.15) is 0 Å². The van der Waals surface area contributed by atoms with E-state index in [1.807, 2.05) is 6.07 Å². The fourth-order valence-electron chi connectivity index (χ4n) is 1.99. The number of rotatable bonds is 5. The Morgan fingerprint density at radius 2 is 1.71 bits per heavy atom. The molecule has 0 aliphatic rings. The van der Waals surface area contributed by atoms with E-state index in [9.17, 15) is 14.9 Å². The molecule has 0 saturated heterocycles.